The Morgan fingerprint density at radius 1 is 1.35 bits per heavy atom. The van der Waals surface area contributed by atoms with Crippen LogP contribution >= 0.6 is 0 Å². The van der Waals surface area contributed by atoms with Crippen LogP contribution in [-0.4, -0.2) is 27.5 Å². The van der Waals surface area contributed by atoms with Crippen molar-refractivity contribution in [2.45, 2.75) is 23.8 Å². The molecule has 94 valence electrons. The standard InChI is InChI=1S/C11H17N3O2S/c12-17(15,16)11-6-2-1-5-10(11)14-9-4-3-7-13-8-9/h1-2,5-6,9,13-14H,3-4,7-8H2,(H2,12,15,16). The number of hydrogen-bond acceptors (Lipinski definition) is 4. The first kappa shape index (κ1) is 12.3. The van der Waals surface area contributed by atoms with Gasteiger partial charge in [-0.3, -0.25) is 0 Å². The number of sulfonamides is 1. The maximum Gasteiger partial charge on any atom is 0.240 e. The lowest BCUT2D eigenvalue weighted by molar-refractivity contribution is 0.479. The van der Waals surface area contributed by atoms with Crippen molar-refractivity contribution in [2.75, 3.05) is 18.4 Å². The number of para-hydroxylation sites is 1. The fourth-order valence-corrected chi connectivity index (χ4v) is 2.73. The Morgan fingerprint density at radius 2 is 2.12 bits per heavy atom. The van der Waals surface area contributed by atoms with Crippen molar-refractivity contribution >= 4 is 15.7 Å². The first-order chi connectivity index (χ1) is 8.07. The van der Waals surface area contributed by atoms with Gasteiger partial charge in [0, 0.05) is 12.6 Å². The van der Waals surface area contributed by atoms with Crippen LogP contribution in [0.25, 0.3) is 0 Å². The first-order valence-electron chi connectivity index (χ1n) is 5.66. The number of benzene rings is 1. The summed E-state index contributed by atoms with van der Waals surface area (Å²) >= 11 is 0. The number of primary sulfonamides is 1. The minimum Gasteiger partial charge on any atom is -0.380 e. The lowest BCUT2D eigenvalue weighted by Gasteiger charge is -2.25. The Kier molecular flexibility index (Phi) is 3.66. The molecule has 0 bridgehead atoms. The average molecular weight is 255 g/mol. The van der Waals surface area contributed by atoms with Crippen molar-refractivity contribution in [3.05, 3.63) is 24.3 Å². The molecule has 5 nitrogen and oxygen atoms in total. The lowest BCUT2D eigenvalue weighted by Crippen LogP contribution is -2.38. The fraction of sp³-hybridized carbons (Fsp3) is 0.455. The van der Waals surface area contributed by atoms with Crippen molar-refractivity contribution < 1.29 is 8.42 Å². The molecule has 2 rings (SSSR count). The van der Waals surface area contributed by atoms with Crippen LogP contribution in [-0.2, 0) is 10.0 Å². The van der Waals surface area contributed by atoms with Crippen molar-refractivity contribution in [3.63, 3.8) is 0 Å². The van der Waals surface area contributed by atoms with E-state index in [4.69, 9.17) is 5.14 Å². The third-order valence-corrected chi connectivity index (χ3v) is 3.82. The van der Waals surface area contributed by atoms with E-state index in [1.54, 1.807) is 18.2 Å². The highest BCUT2D eigenvalue weighted by atomic mass is 32.2. The summed E-state index contributed by atoms with van der Waals surface area (Å²) in [6.45, 7) is 1.87. The molecule has 1 saturated heterocycles. The summed E-state index contributed by atoms with van der Waals surface area (Å²) < 4.78 is 22.8. The number of nitrogens with one attached hydrogen (secondary N) is 2. The second-order valence-electron chi connectivity index (χ2n) is 4.23. The van der Waals surface area contributed by atoms with Crippen LogP contribution in [0.15, 0.2) is 29.2 Å². The monoisotopic (exact) mass is 255 g/mol. The number of hydrogen-bond donors (Lipinski definition) is 3. The Hall–Kier alpha value is -1.11. The van der Waals surface area contributed by atoms with E-state index in [0.29, 0.717) is 5.69 Å². The van der Waals surface area contributed by atoms with Crippen molar-refractivity contribution in [1.29, 1.82) is 0 Å². The molecule has 1 heterocycles. The zero-order valence-electron chi connectivity index (χ0n) is 9.52. The SMILES string of the molecule is NS(=O)(=O)c1ccccc1NC1CCCNC1. The Balaban J connectivity index is 2.20. The van der Waals surface area contributed by atoms with Crippen LogP contribution in [0.4, 0.5) is 5.69 Å². The van der Waals surface area contributed by atoms with Crippen molar-refractivity contribution in [1.82, 2.24) is 5.32 Å². The molecule has 4 N–H and O–H groups in total. The van der Waals surface area contributed by atoms with Crippen molar-refractivity contribution in [3.8, 4) is 0 Å². The lowest BCUT2D eigenvalue weighted by atomic mass is 10.1. The third kappa shape index (κ3) is 3.18. The molecule has 0 saturated carbocycles. The van der Waals surface area contributed by atoms with E-state index < -0.39 is 10.0 Å². The van der Waals surface area contributed by atoms with Crippen LogP contribution in [0.2, 0.25) is 0 Å². The van der Waals surface area contributed by atoms with Gasteiger partial charge in [0.2, 0.25) is 10.0 Å². The maximum absolute atomic E-state index is 11.4. The number of piperidine rings is 1. The van der Waals surface area contributed by atoms with Gasteiger partial charge in [-0.1, -0.05) is 12.1 Å². The summed E-state index contributed by atoms with van der Waals surface area (Å²) in [4.78, 5) is 0.158. The molecular formula is C11H17N3O2S. The predicted octanol–water partition coefficient (Wildman–Crippen LogP) is 0.498. The van der Waals surface area contributed by atoms with Crippen molar-refractivity contribution in [2.24, 2.45) is 5.14 Å². The smallest absolute Gasteiger partial charge is 0.240 e. The van der Waals surface area contributed by atoms with E-state index in [-0.39, 0.29) is 10.9 Å². The van der Waals surface area contributed by atoms with E-state index in [1.807, 2.05) is 0 Å². The molecule has 0 amide bonds. The topological polar surface area (TPSA) is 84.2 Å². The molecule has 1 aliphatic rings. The van der Waals surface area contributed by atoms with Gasteiger partial charge in [0.05, 0.1) is 5.69 Å². The summed E-state index contributed by atoms with van der Waals surface area (Å²) in [5.74, 6) is 0. The highest BCUT2D eigenvalue weighted by Crippen LogP contribution is 2.21. The molecule has 1 atom stereocenters. The summed E-state index contributed by atoms with van der Waals surface area (Å²) in [7, 11) is -3.67. The van der Waals surface area contributed by atoms with E-state index in [2.05, 4.69) is 10.6 Å². The molecule has 6 heteroatoms. The van der Waals surface area contributed by atoms with Gasteiger partial charge in [-0.2, -0.15) is 0 Å². The Morgan fingerprint density at radius 3 is 2.76 bits per heavy atom. The minimum atomic E-state index is -3.67. The molecule has 1 fully saturated rings. The summed E-state index contributed by atoms with van der Waals surface area (Å²) in [6, 6.07) is 6.99. The molecule has 17 heavy (non-hydrogen) atoms. The Labute approximate surface area is 101 Å². The van der Waals surface area contributed by atoms with Crippen LogP contribution in [0, 0.1) is 0 Å². The molecule has 1 aromatic carbocycles. The van der Waals surface area contributed by atoms with Gasteiger partial charge in [0.15, 0.2) is 0 Å². The Bertz CT molecular complexity index is 481. The maximum atomic E-state index is 11.4. The zero-order chi connectivity index (χ0) is 12.3. The molecule has 1 aliphatic heterocycles. The molecule has 1 aromatic rings. The highest BCUT2D eigenvalue weighted by molar-refractivity contribution is 7.89. The largest absolute Gasteiger partial charge is 0.380 e. The normalized spacial score (nSPS) is 21.1. The quantitative estimate of drug-likeness (QED) is 0.734. The predicted molar refractivity (Wildman–Crippen MR) is 67.3 cm³/mol. The van der Waals surface area contributed by atoms with E-state index in [1.165, 1.54) is 6.07 Å². The molecule has 0 aliphatic carbocycles. The minimum absolute atomic E-state index is 0.158. The number of nitrogens with two attached hydrogens (primary N) is 1. The second kappa shape index (κ2) is 5.03. The molecule has 1 unspecified atom stereocenters. The fourth-order valence-electron chi connectivity index (χ4n) is 2.03. The van der Waals surface area contributed by atoms with Gasteiger partial charge in [-0.15, -0.1) is 0 Å². The van der Waals surface area contributed by atoms with E-state index >= 15 is 0 Å². The van der Waals surface area contributed by atoms with Gasteiger partial charge < -0.3 is 10.6 Å². The summed E-state index contributed by atoms with van der Waals surface area (Å²) in [5.41, 5.74) is 0.587. The van der Waals surface area contributed by atoms with E-state index in [0.717, 1.165) is 25.9 Å². The molecule has 0 aromatic heterocycles. The molecular weight excluding hydrogens is 238 g/mol. The summed E-state index contributed by atoms with van der Waals surface area (Å²) in [5, 5.41) is 11.7. The third-order valence-electron chi connectivity index (χ3n) is 2.85. The van der Waals surface area contributed by atoms with Gasteiger partial charge in [0.25, 0.3) is 0 Å². The van der Waals surface area contributed by atoms with Crippen LogP contribution < -0.4 is 15.8 Å². The van der Waals surface area contributed by atoms with Gasteiger partial charge in [0.1, 0.15) is 4.90 Å². The van der Waals surface area contributed by atoms with E-state index in [9.17, 15) is 8.42 Å². The second-order valence-corrected chi connectivity index (χ2v) is 5.76. The van der Waals surface area contributed by atoms with Crippen LogP contribution in [0.5, 0.6) is 0 Å². The average Bonchev–Trinajstić information content (AvgIpc) is 2.30. The molecule has 0 spiro atoms. The first-order valence-corrected chi connectivity index (χ1v) is 7.21. The number of anilines is 1. The van der Waals surface area contributed by atoms with Gasteiger partial charge in [-0.05, 0) is 31.5 Å². The van der Waals surface area contributed by atoms with Gasteiger partial charge in [-0.25, -0.2) is 13.6 Å². The summed E-state index contributed by atoms with van der Waals surface area (Å²) in [6.07, 6.45) is 2.13. The number of rotatable bonds is 3. The van der Waals surface area contributed by atoms with Gasteiger partial charge >= 0.3 is 0 Å². The van der Waals surface area contributed by atoms with Crippen LogP contribution in [0.1, 0.15) is 12.8 Å². The highest BCUT2D eigenvalue weighted by Gasteiger charge is 2.17. The zero-order valence-corrected chi connectivity index (χ0v) is 10.3. The molecule has 0 radical (unpaired) electrons. The van der Waals surface area contributed by atoms with Crippen LogP contribution in [0.3, 0.4) is 0 Å².